The van der Waals surface area contributed by atoms with Gasteiger partial charge in [0.25, 0.3) is 5.91 Å². The van der Waals surface area contributed by atoms with Gasteiger partial charge in [-0.2, -0.15) is 4.72 Å². The quantitative estimate of drug-likeness (QED) is 0.694. The lowest BCUT2D eigenvalue weighted by molar-refractivity contribution is 0.0997. The van der Waals surface area contributed by atoms with Crippen LogP contribution in [0.4, 0.5) is 0 Å². The first-order valence-electron chi connectivity index (χ1n) is 7.13. The van der Waals surface area contributed by atoms with E-state index in [0.717, 1.165) is 4.47 Å². The van der Waals surface area contributed by atoms with Crippen LogP contribution in [0.3, 0.4) is 0 Å². The van der Waals surface area contributed by atoms with Gasteiger partial charge in [-0.05, 0) is 36.4 Å². The summed E-state index contributed by atoms with van der Waals surface area (Å²) in [5.41, 5.74) is 5.51. The second-order valence-corrected chi connectivity index (χ2v) is 7.46. The van der Waals surface area contributed by atoms with Gasteiger partial charge in [-0.1, -0.05) is 39.9 Å². The topological polar surface area (TPSA) is 98.5 Å². The zero-order valence-corrected chi connectivity index (χ0v) is 15.4. The van der Waals surface area contributed by atoms with Crippen molar-refractivity contribution in [2.24, 2.45) is 5.73 Å². The van der Waals surface area contributed by atoms with Gasteiger partial charge < -0.3 is 10.5 Å². The number of primary amides is 1. The Morgan fingerprint density at radius 3 is 2.48 bits per heavy atom. The molecule has 2 rings (SSSR count). The first-order chi connectivity index (χ1) is 11.9. The van der Waals surface area contributed by atoms with Crippen LogP contribution in [0.5, 0.6) is 5.75 Å². The van der Waals surface area contributed by atoms with Crippen molar-refractivity contribution in [1.82, 2.24) is 4.72 Å². The van der Waals surface area contributed by atoms with Gasteiger partial charge in [0.1, 0.15) is 12.4 Å². The smallest absolute Gasteiger partial charge is 0.252 e. The molecule has 0 heterocycles. The third-order valence-corrected chi connectivity index (χ3v) is 5.00. The van der Waals surface area contributed by atoms with Gasteiger partial charge >= 0.3 is 0 Å². The van der Waals surface area contributed by atoms with E-state index >= 15 is 0 Å². The van der Waals surface area contributed by atoms with E-state index in [1.807, 2.05) is 0 Å². The highest BCUT2D eigenvalue weighted by Gasteiger charge is 2.12. The van der Waals surface area contributed by atoms with Gasteiger partial charge in [0.15, 0.2) is 0 Å². The summed E-state index contributed by atoms with van der Waals surface area (Å²) < 4.78 is 32.6. The van der Waals surface area contributed by atoms with E-state index < -0.39 is 15.9 Å². The zero-order chi connectivity index (χ0) is 18.3. The number of halogens is 1. The molecule has 0 aliphatic rings. The molecular formula is C17H15BrN2O4S. The third-order valence-electron chi connectivity index (χ3n) is 3.05. The monoisotopic (exact) mass is 422 g/mol. The number of amides is 1. The molecule has 0 saturated heterocycles. The molecule has 8 heteroatoms. The number of nitrogens with one attached hydrogen (secondary N) is 1. The molecule has 130 valence electrons. The fraction of sp³-hybridized carbons (Fsp3) is 0.118. The van der Waals surface area contributed by atoms with Gasteiger partial charge in [-0.15, -0.1) is 0 Å². The number of sulfonamides is 1. The summed E-state index contributed by atoms with van der Waals surface area (Å²) in [4.78, 5) is 11.4. The summed E-state index contributed by atoms with van der Waals surface area (Å²) in [5, 5.41) is 0. The fourth-order valence-electron chi connectivity index (χ4n) is 1.85. The van der Waals surface area contributed by atoms with E-state index in [2.05, 4.69) is 32.5 Å². The summed E-state index contributed by atoms with van der Waals surface area (Å²) in [7, 11) is -3.61. The number of para-hydroxylation sites is 1. The van der Waals surface area contributed by atoms with Crippen molar-refractivity contribution >= 4 is 31.9 Å². The number of ether oxygens (including phenoxy) is 1. The molecule has 6 nitrogen and oxygen atoms in total. The number of hydrogen-bond acceptors (Lipinski definition) is 4. The van der Waals surface area contributed by atoms with Crippen molar-refractivity contribution in [3.8, 4) is 17.6 Å². The second kappa shape index (κ2) is 8.67. The van der Waals surface area contributed by atoms with E-state index in [1.54, 1.807) is 36.4 Å². The molecule has 0 spiro atoms. The van der Waals surface area contributed by atoms with Crippen LogP contribution in [-0.2, 0) is 10.0 Å². The Kier molecular flexibility index (Phi) is 6.58. The van der Waals surface area contributed by atoms with Crippen LogP contribution in [0.25, 0.3) is 0 Å². The first kappa shape index (κ1) is 19.0. The molecule has 3 N–H and O–H groups in total. The van der Waals surface area contributed by atoms with Crippen LogP contribution < -0.4 is 15.2 Å². The Bertz CT molecular complexity index is 916. The molecule has 0 fully saturated rings. The predicted octanol–water partition coefficient (Wildman–Crippen LogP) is 1.91. The molecule has 0 bridgehead atoms. The molecule has 0 atom stereocenters. The minimum atomic E-state index is -3.61. The lowest BCUT2D eigenvalue weighted by Crippen LogP contribution is -2.24. The fourth-order valence-corrected chi connectivity index (χ4v) is 3.04. The Hall–Kier alpha value is -2.34. The largest absolute Gasteiger partial charge is 0.480 e. The molecule has 0 saturated carbocycles. The molecular weight excluding hydrogens is 408 g/mol. The summed E-state index contributed by atoms with van der Waals surface area (Å²) in [6.07, 6.45) is 0. The highest BCUT2D eigenvalue weighted by atomic mass is 79.9. The summed E-state index contributed by atoms with van der Waals surface area (Å²) >= 11 is 3.25. The van der Waals surface area contributed by atoms with Gasteiger partial charge in [0.05, 0.1) is 17.0 Å². The van der Waals surface area contributed by atoms with Crippen LogP contribution in [0.1, 0.15) is 10.4 Å². The maximum absolute atomic E-state index is 12.0. The van der Waals surface area contributed by atoms with Crippen molar-refractivity contribution in [3.63, 3.8) is 0 Å². The maximum atomic E-state index is 12.0. The standard InChI is InChI=1S/C17H15BrN2O4S/c18-13-7-9-14(10-8-13)25(22,23)20-11-3-4-12-24-16-6-2-1-5-15(16)17(19)21/h1-2,5-10,20H,11-12H2,(H2,19,21). The molecule has 0 aliphatic heterocycles. The number of carbonyl (C=O) groups excluding carboxylic acids is 1. The van der Waals surface area contributed by atoms with E-state index in [0.29, 0.717) is 5.75 Å². The minimum absolute atomic E-state index is 0.00427. The number of benzene rings is 2. The average molecular weight is 423 g/mol. The van der Waals surface area contributed by atoms with Crippen LogP contribution in [0, 0.1) is 11.8 Å². The SMILES string of the molecule is NC(=O)c1ccccc1OCC#CCNS(=O)(=O)c1ccc(Br)cc1. The Morgan fingerprint density at radius 1 is 1.12 bits per heavy atom. The molecule has 2 aromatic rings. The molecule has 25 heavy (non-hydrogen) atoms. The summed E-state index contributed by atoms with van der Waals surface area (Å²) in [6, 6.07) is 12.8. The van der Waals surface area contributed by atoms with Crippen molar-refractivity contribution in [2.45, 2.75) is 4.90 Å². The highest BCUT2D eigenvalue weighted by Crippen LogP contribution is 2.16. The Labute approximate surface area is 154 Å². The lowest BCUT2D eigenvalue weighted by Gasteiger charge is -2.06. The van der Waals surface area contributed by atoms with Crippen molar-refractivity contribution < 1.29 is 17.9 Å². The first-order valence-corrected chi connectivity index (χ1v) is 9.40. The van der Waals surface area contributed by atoms with E-state index in [4.69, 9.17) is 10.5 Å². The van der Waals surface area contributed by atoms with E-state index in [-0.39, 0.29) is 23.6 Å². The van der Waals surface area contributed by atoms with Crippen molar-refractivity contribution in [1.29, 1.82) is 0 Å². The Morgan fingerprint density at radius 2 is 1.80 bits per heavy atom. The number of carbonyl (C=O) groups is 1. The molecule has 0 unspecified atom stereocenters. The van der Waals surface area contributed by atoms with Gasteiger partial charge in [0.2, 0.25) is 10.0 Å². The third kappa shape index (κ3) is 5.60. The Balaban J connectivity index is 1.87. The van der Waals surface area contributed by atoms with Crippen LogP contribution in [0.15, 0.2) is 57.9 Å². The van der Waals surface area contributed by atoms with E-state index in [9.17, 15) is 13.2 Å². The summed E-state index contributed by atoms with van der Waals surface area (Å²) in [5.74, 6) is 5.07. The van der Waals surface area contributed by atoms with Gasteiger partial charge in [-0.3, -0.25) is 4.79 Å². The maximum Gasteiger partial charge on any atom is 0.252 e. The van der Waals surface area contributed by atoms with E-state index in [1.165, 1.54) is 12.1 Å². The van der Waals surface area contributed by atoms with Crippen LogP contribution in [0.2, 0.25) is 0 Å². The lowest BCUT2D eigenvalue weighted by atomic mass is 10.2. The van der Waals surface area contributed by atoms with Gasteiger partial charge in [0, 0.05) is 4.47 Å². The molecule has 0 aliphatic carbocycles. The number of rotatable bonds is 6. The number of hydrogen-bond donors (Lipinski definition) is 2. The molecule has 1 amide bonds. The average Bonchev–Trinajstić information content (AvgIpc) is 2.58. The second-order valence-electron chi connectivity index (χ2n) is 4.78. The molecule has 0 radical (unpaired) electrons. The molecule has 0 aromatic heterocycles. The highest BCUT2D eigenvalue weighted by molar-refractivity contribution is 9.10. The minimum Gasteiger partial charge on any atom is -0.480 e. The summed E-state index contributed by atoms with van der Waals surface area (Å²) in [6.45, 7) is -0.0521. The van der Waals surface area contributed by atoms with Gasteiger partial charge in [-0.25, -0.2) is 8.42 Å². The normalized spacial score (nSPS) is 10.6. The van der Waals surface area contributed by atoms with Crippen molar-refractivity contribution in [3.05, 3.63) is 58.6 Å². The van der Waals surface area contributed by atoms with Crippen molar-refractivity contribution in [2.75, 3.05) is 13.2 Å². The van der Waals surface area contributed by atoms with Crippen LogP contribution >= 0.6 is 15.9 Å². The number of nitrogens with two attached hydrogens (primary N) is 1. The predicted molar refractivity (Wildman–Crippen MR) is 97.6 cm³/mol. The van der Waals surface area contributed by atoms with Crippen LogP contribution in [-0.4, -0.2) is 27.5 Å². The zero-order valence-electron chi connectivity index (χ0n) is 13.0. The molecule has 2 aromatic carbocycles.